The summed E-state index contributed by atoms with van der Waals surface area (Å²) in [5.74, 6) is -1.53. The van der Waals surface area contributed by atoms with Gasteiger partial charge in [0.2, 0.25) is 17.7 Å². The number of aryl methyl sites for hydroxylation is 2. The highest BCUT2D eigenvalue weighted by molar-refractivity contribution is 6.23. The van der Waals surface area contributed by atoms with Crippen molar-refractivity contribution in [1.29, 1.82) is 0 Å². The number of imide groups is 2. The Morgan fingerprint density at radius 2 is 1.66 bits per heavy atom. The fourth-order valence-electron chi connectivity index (χ4n) is 8.27. The lowest BCUT2D eigenvalue weighted by molar-refractivity contribution is -0.325. The summed E-state index contributed by atoms with van der Waals surface area (Å²) in [6, 6.07) is 11.3. The Labute approximate surface area is 337 Å². The number of benzene rings is 2. The number of alkyl halides is 3. The van der Waals surface area contributed by atoms with Crippen molar-refractivity contribution in [2.45, 2.75) is 89.6 Å². The molecule has 14 nitrogen and oxygen atoms in total. The molecule has 0 saturated carbocycles. The number of hydrogen-bond donors (Lipinski definition) is 2. The van der Waals surface area contributed by atoms with E-state index in [-0.39, 0.29) is 47.9 Å². The molecule has 312 valence electrons. The molecule has 7 rings (SSSR count). The Hall–Kier alpha value is -5.84. The van der Waals surface area contributed by atoms with E-state index in [1.807, 2.05) is 23.1 Å². The summed E-state index contributed by atoms with van der Waals surface area (Å²) in [5.41, 5.74) is 4.47. The van der Waals surface area contributed by atoms with E-state index >= 15 is 0 Å². The number of pyridine rings is 1. The highest BCUT2D eigenvalue weighted by Crippen LogP contribution is 2.34. The topological polar surface area (TPSA) is 165 Å². The second kappa shape index (κ2) is 17.2. The van der Waals surface area contributed by atoms with E-state index in [4.69, 9.17) is 4.98 Å². The molecule has 2 fully saturated rings. The number of nitrogens with one attached hydrogen (secondary N) is 2. The second-order valence-corrected chi connectivity index (χ2v) is 15.4. The van der Waals surface area contributed by atoms with Crippen LogP contribution >= 0.6 is 0 Å². The monoisotopic (exact) mass is 817 g/mol. The molecule has 0 radical (unpaired) electrons. The van der Waals surface area contributed by atoms with Crippen LogP contribution in [0.25, 0.3) is 22.2 Å². The summed E-state index contributed by atoms with van der Waals surface area (Å²) in [6.07, 6.45) is 1.98. The van der Waals surface area contributed by atoms with E-state index in [0.717, 1.165) is 41.7 Å². The van der Waals surface area contributed by atoms with Crippen LogP contribution in [0.1, 0.15) is 95.8 Å². The third kappa shape index (κ3) is 9.09. The van der Waals surface area contributed by atoms with E-state index in [9.17, 15) is 41.9 Å². The molecular weight excluding hydrogens is 771 g/mol. The Morgan fingerprint density at radius 3 is 2.39 bits per heavy atom. The average Bonchev–Trinajstić information content (AvgIpc) is 3.68. The third-order valence-electron chi connectivity index (χ3n) is 11.4. The number of fused-ring (bicyclic) bond motifs is 2. The molecule has 3 aliphatic rings. The van der Waals surface area contributed by atoms with Gasteiger partial charge in [-0.25, -0.2) is 4.98 Å². The van der Waals surface area contributed by atoms with E-state index in [1.54, 1.807) is 49.0 Å². The maximum absolute atomic E-state index is 13.2. The van der Waals surface area contributed by atoms with Crippen LogP contribution in [0.5, 0.6) is 0 Å². The van der Waals surface area contributed by atoms with Crippen molar-refractivity contribution in [3.05, 3.63) is 81.5 Å². The number of rotatable bonds is 14. The molecule has 59 heavy (non-hydrogen) atoms. The van der Waals surface area contributed by atoms with E-state index in [1.165, 1.54) is 4.57 Å². The number of ether oxygens (including phenoxy) is 1. The minimum atomic E-state index is -4.77. The lowest BCUT2D eigenvalue weighted by Gasteiger charge is -2.32. The molecule has 2 saturated heterocycles. The molecule has 5 heterocycles. The molecular formula is C42H46F3N7O7. The Balaban J connectivity index is 0.879. The summed E-state index contributed by atoms with van der Waals surface area (Å²) in [7, 11) is 1.67. The smallest absolute Gasteiger partial charge is 0.385 e. The normalized spacial score (nSPS) is 17.5. The van der Waals surface area contributed by atoms with E-state index in [2.05, 4.69) is 15.4 Å². The standard InChI is InChI=1S/C42H46F3N7O7/c1-25-21-28(24-49(2)39(25)56)27-8-11-32-34(22-27)51(19-20-59-42(43,44)45)37(47-32)26-14-17-50(18-15-26)36(54)7-5-3-4-6-16-46-29-9-10-30-31(23-29)41(58)52(40(30)57)33-12-13-35(53)48-38(33)55/h8-11,21-24,26,33,46H,3-7,12-20H2,1-2H3,(H,48,53,55). The van der Waals surface area contributed by atoms with Crippen molar-refractivity contribution < 1.29 is 41.9 Å². The summed E-state index contributed by atoms with van der Waals surface area (Å²) >= 11 is 0. The molecule has 1 unspecified atom stereocenters. The van der Waals surface area contributed by atoms with E-state index < -0.39 is 42.6 Å². The number of anilines is 1. The van der Waals surface area contributed by atoms with Crippen LogP contribution in [0.4, 0.5) is 18.9 Å². The van der Waals surface area contributed by atoms with Crippen molar-refractivity contribution >= 4 is 46.3 Å². The average molecular weight is 818 g/mol. The largest absolute Gasteiger partial charge is 0.522 e. The van der Waals surface area contributed by atoms with Gasteiger partial charge in [0.25, 0.3) is 17.4 Å². The molecule has 0 bridgehead atoms. The van der Waals surface area contributed by atoms with Gasteiger partial charge in [-0.05, 0) is 86.6 Å². The van der Waals surface area contributed by atoms with Gasteiger partial charge in [-0.1, -0.05) is 18.9 Å². The second-order valence-electron chi connectivity index (χ2n) is 15.4. The van der Waals surface area contributed by atoms with Crippen molar-refractivity contribution in [3.63, 3.8) is 0 Å². The highest BCUT2D eigenvalue weighted by atomic mass is 19.4. The zero-order valence-electron chi connectivity index (χ0n) is 32.9. The molecule has 2 aromatic heterocycles. The van der Waals surface area contributed by atoms with Gasteiger partial charge in [-0.15, -0.1) is 13.2 Å². The van der Waals surface area contributed by atoms with Crippen LogP contribution in [0.2, 0.25) is 0 Å². The fourth-order valence-corrected chi connectivity index (χ4v) is 8.27. The van der Waals surface area contributed by atoms with Crippen LogP contribution in [-0.2, 0) is 32.7 Å². The van der Waals surface area contributed by atoms with Crippen LogP contribution in [0, 0.1) is 6.92 Å². The van der Waals surface area contributed by atoms with Crippen LogP contribution in [-0.4, -0.2) is 92.1 Å². The lowest BCUT2D eigenvalue weighted by atomic mass is 9.95. The summed E-state index contributed by atoms with van der Waals surface area (Å²) in [6.45, 7) is 2.73. The molecule has 3 aliphatic heterocycles. The zero-order chi connectivity index (χ0) is 42.0. The zero-order valence-corrected chi connectivity index (χ0v) is 32.9. The maximum Gasteiger partial charge on any atom is 0.522 e. The molecule has 2 N–H and O–H groups in total. The van der Waals surface area contributed by atoms with Crippen molar-refractivity contribution in [2.24, 2.45) is 7.05 Å². The van der Waals surface area contributed by atoms with Gasteiger partial charge in [-0.3, -0.25) is 43.7 Å². The molecule has 1 atom stereocenters. The summed E-state index contributed by atoms with van der Waals surface area (Å²) in [4.78, 5) is 83.0. The molecule has 2 aromatic carbocycles. The molecule has 5 amide bonds. The first-order valence-electron chi connectivity index (χ1n) is 19.9. The number of nitrogens with zero attached hydrogens (tertiary/aromatic N) is 5. The first-order chi connectivity index (χ1) is 28.2. The van der Waals surface area contributed by atoms with Crippen LogP contribution < -0.4 is 16.2 Å². The van der Waals surface area contributed by atoms with Crippen LogP contribution in [0.15, 0.2) is 53.5 Å². The van der Waals surface area contributed by atoms with Gasteiger partial charge in [0.05, 0.1) is 28.8 Å². The van der Waals surface area contributed by atoms with E-state index in [0.29, 0.717) is 67.0 Å². The number of hydrogen-bond acceptors (Lipinski definition) is 9. The van der Waals surface area contributed by atoms with Gasteiger partial charge in [0, 0.05) is 69.4 Å². The van der Waals surface area contributed by atoms with Gasteiger partial charge in [-0.2, -0.15) is 0 Å². The Morgan fingerprint density at radius 1 is 0.915 bits per heavy atom. The first kappa shape index (κ1) is 41.3. The number of halogens is 3. The van der Waals surface area contributed by atoms with Gasteiger partial charge >= 0.3 is 6.36 Å². The minimum absolute atomic E-state index is 0.0532. The number of likely N-dealkylation sites (tertiary alicyclic amines) is 1. The number of aromatic nitrogens is 3. The molecule has 0 aliphatic carbocycles. The van der Waals surface area contributed by atoms with Crippen molar-refractivity contribution in [2.75, 3.05) is 31.6 Å². The summed E-state index contributed by atoms with van der Waals surface area (Å²) < 4.78 is 46.4. The SMILES string of the molecule is Cc1cc(-c2ccc3nc(C4CCN(C(=O)CCCCCCNc5ccc6c(c5)C(=O)N(C5CCC(=O)NC5=O)C6=O)CC4)n(CCOC(F)(F)F)c3c2)cn(C)c1=O. The van der Waals surface area contributed by atoms with Gasteiger partial charge in [0.15, 0.2) is 0 Å². The number of amides is 5. The Kier molecular flexibility index (Phi) is 12.0. The highest BCUT2D eigenvalue weighted by Gasteiger charge is 2.44. The molecule has 0 spiro atoms. The third-order valence-corrected chi connectivity index (χ3v) is 11.4. The summed E-state index contributed by atoms with van der Waals surface area (Å²) in [5, 5.41) is 5.47. The fraction of sp³-hybridized carbons (Fsp3) is 0.452. The predicted octanol–water partition coefficient (Wildman–Crippen LogP) is 5.42. The first-order valence-corrected chi connectivity index (χ1v) is 19.9. The Bertz CT molecular complexity index is 2340. The number of piperidine rings is 2. The van der Waals surface area contributed by atoms with Gasteiger partial charge in [0.1, 0.15) is 11.9 Å². The van der Waals surface area contributed by atoms with Crippen LogP contribution in [0.3, 0.4) is 0 Å². The lowest BCUT2D eigenvalue weighted by Crippen LogP contribution is -2.54. The molecule has 4 aromatic rings. The maximum atomic E-state index is 13.2. The van der Waals surface area contributed by atoms with Crippen molar-refractivity contribution in [1.82, 2.24) is 29.2 Å². The van der Waals surface area contributed by atoms with Gasteiger partial charge < -0.3 is 19.4 Å². The number of carbonyl (C=O) groups excluding carboxylic acids is 5. The predicted molar refractivity (Wildman–Crippen MR) is 210 cm³/mol. The number of imidazole rings is 1. The number of carbonyl (C=O) groups is 5. The molecule has 17 heteroatoms. The van der Waals surface area contributed by atoms with Crippen molar-refractivity contribution in [3.8, 4) is 11.1 Å². The quantitative estimate of drug-likeness (QED) is 0.125. The minimum Gasteiger partial charge on any atom is -0.385 e. The number of unbranched alkanes of at least 4 members (excludes halogenated alkanes) is 3.